The second kappa shape index (κ2) is 7.92. The Bertz CT molecular complexity index is 947. The van der Waals surface area contributed by atoms with Crippen LogP contribution >= 0.6 is 0 Å². The van der Waals surface area contributed by atoms with Gasteiger partial charge in [0.15, 0.2) is 5.82 Å². The lowest BCUT2D eigenvalue weighted by Gasteiger charge is -2.08. The van der Waals surface area contributed by atoms with Crippen LogP contribution in [0.3, 0.4) is 0 Å². The van der Waals surface area contributed by atoms with E-state index in [1.807, 2.05) is 0 Å². The highest BCUT2D eigenvalue weighted by molar-refractivity contribution is 7.92. The van der Waals surface area contributed by atoms with E-state index in [0.29, 0.717) is 18.8 Å². The molecule has 0 spiro atoms. The van der Waals surface area contributed by atoms with Gasteiger partial charge in [-0.05, 0) is 48.4 Å². The van der Waals surface area contributed by atoms with Gasteiger partial charge in [-0.2, -0.15) is 0 Å². The van der Waals surface area contributed by atoms with Crippen molar-refractivity contribution < 1.29 is 12.8 Å². The van der Waals surface area contributed by atoms with Crippen molar-refractivity contribution in [3.8, 4) is 0 Å². The fraction of sp³-hybridized carbons (Fsp3) is 0.111. The molecule has 0 aliphatic carbocycles. The van der Waals surface area contributed by atoms with Crippen molar-refractivity contribution in [2.45, 2.75) is 11.3 Å². The molecular weight excluding hydrogens is 355 g/mol. The van der Waals surface area contributed by atoms with Crippen LogP contribution in [0.1, 0.15) is 5.56 Å². The van der Waals surface area contributed by atoms with Crippen molar-refractivity contribution in [1.29, 1.82) is 0 Å². The summed E-state index contributed by atoms with van der Waals surface area (Å²) in [5.74, 6) is 0.397. The molecule has 3 aromatic rings. The van der Waals surface area contributed by atoms with Gasteiger partial charge in [0.2, 0.25) is 0 Å². The standard InChI is InChI=1S/C18H17FN4O2S/c19-15-8-6-14(7-9-15)12-13-20-17-10-11-18(22-21-17)23-26(24,25)16-4-2-1-3-5-16/h1-11H,12-13H2,(H,20,21)(H,22,23). The molecule has 2 aromatic carbocycles. The van der Waals surface area contributed by atoms with Crippen LogP contribution in [0.25, 0.3) is 0 Å². The molecule has 8 heteroatoms. The number of benzene rings is 2. The highest BCUT2D eigenvalue weighted by atomic mass is 32.2. The molecule has 0 radical (unpaired) electrons. The van der Waals surface area contributed by atoms with Crippen LogP contribution in [-0.4, -0.2) is 25.2 Å². The van der Waals surface area contributed by atoms with E-state index in [9.17, 15) is 12.8 Å². The Kier molecular flexibility index (Phi) is 5.43. The number of rotatable bonds is 7. The first-order valence-corrected chi connectivity index (χ1v) is 9.41. The van der Waals surface area contributed by atoms with Crippen LogP contribution in [0.2, 0.25) is 0 Å². The maximum Gasteiger partial charge on any atom is 0.263 e. The number of hydrogen-bond acceptors (Lipinski definition) is 5. The van der Waals surface area contributed by atoms with E-state index < -0.39 is 10.0 Å². The lowest BCUT2D eigenvalue weighted by atomic mass is 10.1. The summed E-state index contributed by atoms with van der Waals surface area (Å²) in [4.78, 5) is 0.156. The van der Waals surface area contributed by atoms with E-state index in [-0.39, 0.29) is 16.5 Å². The van der Waals surface area contributed by atoms with E-state index in [2.05, 4.69) is 20.2 Å². The molecule has 134 valence electrons. The molecule has 0 atom stereocenters. The minimum Gasteiger partial charge on any atom is -0.368 e. The van der Waals surface area contributed by atoms with Gasteiger partial charge in [0, 0.05) is 6.54 Å². The second-order valence-electron chi connectivity index (χ2n) is 5.53. The van der Waals surface area contributed by atoms with Gasteiger partial charge >= 0.3 is 0 Å². The van der Waals surface area contributed by atoms with Crippen LogP contribution < -0.4 is 10.0 Å². The maximum absolute atomic E-state index is 12.9. The normalized spacial score (nSPS) is 11.1. The summed E-state index contributed by atoms with van der Waals surface area (Å²) in [6.07, 6.45) is 0.699. The second-order valence-corrected chi connectivity index (χ2v) is 7.21. The molecule has 26 heavy (non-hydrogen) atoms. The molecule has 0 unspecified atom stereocenters. The lowest BCUT2D eigenvalue weighted by molar-refractivity contribution is 0.601. The molecule has 0 saturated heterocycles. The number of nitrogens with zero attached hydrogens (tertiary/aromatic N) is 2. The zero-order valence-electron chi connectivity index (χ0n) is 13.8. The Morgan fingerprint density at radius 1 is 0.846 bits per heavy atom. The van der Waals surface area contributed by atoms with Crippen molar-refractivity contribution >= 4 is 21.7 Å². The Labute approximate surface area is 151 Å². The predicted molar refractivity (Wildman–Crippen MR) is 97.9 cm³/mol. The van der Waals surface area contributed by atoms with Crippen LogP contribution in [-0.2, 0) is 16.4 Å². The Hall–Kier alpha value is -3.00. The first-order valence-electron chi connectivity index (χ1n) is 7.93. The molecule has 1 aromatic heterocycles. The van der Waals surface area contributed by atoms with E-state index in [4.69, 9.17) is 0 Å². The van der Waals surface area contributed by atoms with Gasteiger partial charge < -0.3 is 5.32 Å². The topological polar surface area (TPSA) is 84.0 Å². The first-order chi connectivity index (χ1) is 12.5. The van der Waals surface area contributed by atoms with Crippen molar-refractivity contribution in [2.24, 2.45) is 0 Å². The van der Waals surface area contributed by atoms with Gasteiger partial charge in [0.25, 0.3) is 10.0 Å². The summed E-state index contributed by atoms with van der Waals surface area (Å²) in [6.45, 7) is 0.593. The third-order valence-electron chi connectivity index (χ3n) is 3.59. The van der Waals surface area contributed by atoms with E-state index in [1.165, 1.54) is 30.3 Å². The average molecular weight is 372 g/mol. The number of sulfonamides is 1. The molecule has 0 saturated carbocycles. The van der Waals surface area contributed by atoms with Crippen molar-refractivity contribution in [2.75, 3.05) is 16.6 Å². The van der Waals surface area contributed by atoms with Gasteiger partial charge in [-0.15, -0.1) is 10.2 Å². The third-order valence-corrected chi connectivity index (χ3v) is 4.96. The van der Waals surface area contributed by atoms with Crippen LogP contribution in [0, 0.1) is 5.82 Å². The minimum atomic E-state index is -3.69. The Morgan fingerprint density at radius 3 is 2.15 bits per heavy atom. The SMILES string of the molecule is O=S(=O)(Nc1ccc(NCCc2ccc(F)cc2)nn1)c1ccccc1. The summed E-state index contributed by atoms with van der Waals surface area (Å²) in [6, 6.07) is 17.5. The zero-order valence-corrected chi connectivity index (χ0v) is 14.6. The lowest BCUT2D eigenvalue weighted by Crippen LogP contribution is -2.14. The molecule has 0 fully saturated rings. The third kappa shape index (κ3) is 4.76. The summed E-state index contributed by atoms with van der Waals surface area (Å²) in [5.41, 5.74) is 0.999. The quantitative estimate of drug-likeness (QED) is 0.666. The highest BCUT2D eigenvalue weighted by Crippen LogP contribution is 2.14. The molecular formula is C18H17FN4O2S. The predicted octanol–water partition coefficient (Wildman–Crippen LogP) is 3.07. The van der Waals surface area contributed by atoms with Crippen molar-refractivity contribution in [1.82, 2.24) is 10.2 Å². The van der Waals surface area contributed by atoms with E-state index >= 15 is 0 Å². The van der Waals surface area contributed by atoms with E-state index in [0.717, 1.165) is 5.56 Å². The van der Waals surface area contributed by atoms with Gasteiger partial charge in [0.1, 0.15) is 11.6 Å². The van der Waals surface area contributed by atoms with Gasteiger partial charge in [0.05, 0.1) is 4.90 Å². The molecule has 0 bridgehead atoms. The van der Waals surface area contributed by atoms with Crippen molar-refractivity contribution in [3.05, 3.63) is 78.1 Å². The summed E-state index contributed by atoms with van der Waals surface area (Å²) < 4.78 is 39.7. The van der Waals surface area contributed by atoms with Gasteiger partial charge in [-0.1, -0.05) is 30.3 Å². The monoisotopic (exact) mass is 372 g/mol. The van der Waals surface area contributed by atoms with Crippen molar-refractivity contribution in [3.63, 3.8) is 0 Å². The largest absolute Gasteiger partial charge is 0.368 e. The number of hydrogen-bond donors (Lipinski definition) is 2. The molecule has 0 aliphatic heterocycles. The number of halogens is 1. The van der Waals surface area contributed by atoms with Crippen LogP contribution in [0.15, 0.2) is 71.6 Å². The Morgan fingerprint density at radius 2 is 1.50 bits per heavy atom. The number of aromatic nitrogens is 2. The fourth-order valence-corrected chi connectivity index (χ4v) is 3.28. The molecule has 0 amide bonds. The molecule has 3 rings (SSSR count). The highest BCUT2D eigenvalue weighted by Gasteiger charge is 2.14. The molecule has 6 nitrogen and oxygen atoms in total. The molecule has 2 N–H and O–H groups in total. The summed E-state index contributed by atoms with van der Waals surface area (Å²) in [5, 5.41) is 10.9. The number of nitrogens with one attached hydrogen (secondary N) is 2. The van der Waals surface area contributed by atoms with Crippen LogP contribution in [0.4, 0.5) is 16.0 Å². The zero-order chi connectivity index (χ0) is 18.4. The van der Waals surface area contributed by atoms with Gasteiger partial charge in [-0.25, -0.2) is 12.8 Å². The molecule has 0 aliphatic rings. The fourth-order valence-electron chi connectivity index (χ4n) is 2.26. The summed E-state index contributed by atoms with van der Waals surface area (Å²) in [7, 11) is -3.69. The van der Waals surface area contributed by atoms with Crippen LogP contribution in [0.5, 0.6) is 0 Å². The minimum absolute atomic E-state index is 0.137. The average Bonchev–Trinajstić information content (AvgIpc) is 2.65. The summed E-state index contributed by atoms with van der Waals surface area (Å²) >= 11 is 0. The van der Waals surface area contributed by atoms with Gasteiger partial charge in [-0.3, -0.25) is 4.72 Å². The molecule has 1 heterocycles. The maximum atomic E-state index is 12.9. The number of anilines is 2. The Balaban J connectivity index is 1.56. The van der Waals surface area contributed by atoms with E-state index in [1.54, 1.807) is 36.4 Å². The first kappa shape index (κ1) is 17.8. The smallest absolute Gasteiger partial charge is 0.263 e.